The number of aliphatic hydroxyl groups is 1. The lowest BCUT2D eigenvalue weighted by Gasteiger charge is -2.02. The third-order valence-electron chi connectivity index (χ3n) is 1.76. The molecule has 0 aliphatic heterocycles. The Morgan fingerprint density at radius 3 is 2.55 bits per heavy atom. The lowest BCUT2D eigenvalue weighted by Crippen LogP contribution is -2.05. The van der Waals surface area contributed by atoms with Gasteiger partial charge in [-0.25, -0.2) is 0 Å². The quantitative estimate of drug-likeness (QED) is 0.664. The highest BCUT2D eigenvalue weighted by molar-refractivity contribution is 5.24. The summed E-state index contributed by atoms with van der Waals surface area (Å²) in [6.07, 6.45) is 0.464. The van der Waals surface area contributed by atoms with Crippen molar-refractivity contribution in [3.05, 3.63) is 23.0 Å². The van der Waals surface area contributed by atoms with Crippen molar-refractivity contribution in [3.8, 4) is 0 Å². The third kappa shape index (κ3) is 2.09. The predicted molar refractivity (Wildman–Crippen MR) is 45.7 cm³/mol. The molecule has 11 heavy (non-hydrogen) atoms. The summed E-state index contributed by atoms with van der Waals surface area (Å²) in [7, 11) is 0. The molecule has 0 bridgehead atoms. The number of aliphatic hydroxyl groups excluding tert-OH is 1. The maximum atomic E-state index is 9.12. The Bertz CT molecular complexity index is 238. The molecule has 0 aromatic carbocycles. The molecule has 0 aliphatic rings. The average molecular weight is 153 g/mol. The van der Waals surface area contributed by atoms with Crippen molar-refractivity contribution >= 4 is 0 Å². The van der Waals surface area contributed by atoms with Crippen LogP contribution in [0.25, 0.3) is 0 Å². The number of aromatic amines is 1. The maximum absolute atomic E-state index is 9.12. The van der Waals surface area contributed by atoms with Gasteiger partial charge in [0.25, 0.3) is 0 Å². The summed E-state index contributed by atoms with van der Waals surface area (Å²) < 4.78 is 0. The van der Waals surface area contributed by atoms with Crippen molar-refractivity contribution in [3.63, 3.8) is 0 Å². The summed E-state index contributed by atoms with van der Waals surface area (Å²) in [4.78, 5) is 3.22. The molecule has 2 heteroatoms. The van der Waals surface area contributed by atoms with Gasteiger partial charge in [0.1, 0.15) is 0 Å². The third-order valence-corrected chi connectivity index (χ3v) is 1.76. The highest BCUT2D eigenvalue weighted by Crippen LogP contribution is 2.10. The molecule has 0 fully saturated rings. The second kappa shape index (κ2) is 3.09. The minimum absolute atomic E-state index is 0.258. The number of hydrogen-bond donors (Lipinski definition) is 2. The van der Waals surface area contributed by atoms with E-state index < -0.39 is 0 Å². The SMILES string of the molecule is Cc1cc(C)c(CC(C)O)[nH]1. The van der Waals surface area contributed by atoms with Crippen LogP contribution in [0.3, 0.4) is 0 Å². The molecule has 1 aromatic rings. The Morgan fingerprint density at radius 2 is 2.18 bits per heavy atom. The Morgan fingerprint density at radius 1 is 1.55 bits per heavy atom. The molecule has 0 radical (unpaired) electrons. The van der Waals surface area contributed by atoms with Gasteiger partial charge in [-0.05, 0) is 32.4 Å². The Hall–Kier alpha value is -0.760. The van der Waals surface area contributed by atoms with E-state index in [1.165, 1.54) is 5.56 Å². The number of nitrogens with one attached hydrogen (secondary N) is 1. The first-order valence-corrected chi connectivity index (χ1v) is 3.92. The summed E-state index contributed by atoms with van der Waals surface area (Å²) >= 11 is 0. The van der Waals surface area contributed by atoms with Gasteiger partial charge < -0.3 is 10.1 Å². The number of rotatable bonds is 2. The van der Waals surface area contributed by atoms with Crippen molar-refractivity contribution < 1.29 is 5.11 Å². The predicted octanol–water partition coefficient (Wildman–Crippen LogP) is 1.55. The molecule has 0 saturated carbocycles. The first-order valence-electron chi connectivity index (χ1n) is 3.92. The van der Waals surface area contributed by atoms with Crippen molar-refractivity contribution in [1.82, 2.24) is 4.98 Å². The zero-order chi connectivity index (χ0) is 8.43. The van der Waals surface area contributed by atoms with Crippen LogP contribution >= 0.6 is 0 Å². The van der Waals surface area contributed by atoms with Crippen LogP contribution in [0.5, 0.6) is 0 Å². The molecule has 1 heterocycles. The van der Waals surface area contributed by atoms with Gasteiger partial charge in [0.15, 0.2) is 0 Å². The molecule has 2 nitrogen and oxygen atoms in total. The van der Waals surface area contributed by atoms with E-state index in [0.29, 0.717) is 0 Å². The van der Waals surface area contributed by atoms with E-state index >= 15 is 0 Å². The molecule has 2 N–H and O–H groups in total. The van der Waals surface area contributed by atoms with Crippen molar-refractivity contribution in [2.75, 3.05) is 0 Å². The van der Waals surface area contributed by atoms with E-state index in [1.807, 2.05) is 6.92 Å². The topological polar surface area (TPSA) is 36.0 Å². The first-order chi connectivity index (χ1) is 5.09. The highest BCUT2D eigenvalue weighted by Gasteiger charge is 2.04. The number of aromatic nitrogens is 1. The van der Waals surface area contributed by atoms with Crippen LogP contribution in [-0.4, -0.2) is 16.2 Å². The molecule has 1 aromatic heterocycles. The average Bonchev–Trinajstić information content (AvgIpc) is 2.09. The molecule has 0 aliphatic carbocycles. The van der Waals surface area contributed by atoms with Crippen molar-refractivity contribution in [1.29, 1.82) is 0 Å². The maximum Gasteiger partial charge on any atom is 0.0566 e. The molecule has 1 unspecified atom stereocenters. The second-order valence-electron chi connectivity index (χ2n) is 3.17. The minimum Gasteiger partial charge on any atom is -0.393 e. The van der Waals surface area contributed by atoms with Gasteiger partial charge in [-0.1, -0.05) is 0 Å². The van der Waals surface area contributed by atoms with Crippen LogP contribution in [0.1, 0.15) is 23.9 Å². The van der Waals surface area contributed by atoms with Gasteiger partial charge in [-0.3, -0.25) is 0 Å². The smallest absolute Gasteiger partial charge is 0.0566 e. The fourth-order valence-corrected chi connectivity index (χ4v) is 1.29. The fraction of sp³-hybridized carbons (Fsp3) is 0.556. The molecule has 0 spiro atoms. The van der Waals surface area contributed by atoms with Gasteiger partial charge in [-0.2, -0.15) is 0 Å². The summed E-state index contributed by atoms with van der Waals surface area (Å²) in [5.74, 6) is 0. The number of H-pyrrole nitrogens is 1. The van der Waals surface area contributed by atoms with Gasteiger partial charge in [0, 0.05) is 17.8 Å². The first kappa shape index (κ1) is 8.34. The van der Waals surface area contributed by atoms with Crippen LogP contribution in [-0.2, 0) is 6.42 Å². The molecule has 62 valence electrons. The zero-order valence-corrected chi connectivity index (χ0v) is 7.31. The van der Waals surface area contributed by atoms with E-state index in [1.54, 1.807) is 6.92 Å². The van der Waals surface area contributed by atoms with E-state index in [9.17, 15) is 0 Å². The highest BCUT2D eigenvalue weighted by atomic mass is 16.3. The second-order valence-corrected chi connectivity index (χ2v) is 3.17. The molecular formula is C9H15NO. The summed E-state index contributed by atoms with van der Waals surface area (Å²) in [6, 6.07) is 2.09. The Balaban J connectivity index is 2.77. The summed E-state index contributed by atoms with van der Waals surface area (Å²) in [6.45, 7) is 5.88. The normalized spacial score (nSPS) is 13.5. The molecule has 1 rings (SSSR count). The zero-order valence-electron chi connectivity index (χ0n) is 7.31. The number of hydrogen-bond acceptors (Lipinski definition) is 1. The molecule has 0 saturated heterocycles. The van der Waals surface area contributed by atoms with E-state index in [2.05, 4.69) is 18.0 Å². The van der Waals surface area contributed by atoms with Crippen LogP contribution in [0.2, 0.25) is 0 Å². The van der Waals surface area contributed by atoms with Crippen LogP contribution in [0.4, 0.5) is 0 Å². The summed E-state index contributed by atoms with van der Waals surface area (Å²) in [5, 5.41) is 9.12. The number of aryl methyl sites for hydroxylation is 2. The summed E-state index contributed by atoms with van der Waals surface area (Å²) in [5.41, 5.74) is 3.55. The lowest BCUT2D eigenvalue weighted by molar-refractivity contribution is 0.194. The van der Waals surface area contributed by atoms with Gasteiger partial charge in [0.05, 0.1) is 6.10 Å². The fourth-order valence-electron chi connectivity index (χ4n) is 1.29. The lowest BCUT2D eigenvalue weighted by atomic mass is 10.1. The Kier molecular flexibility index (Phi) is 2.35. The Labute approximate surface area is 67.3 Å². The van der Waals surface area contributed by atoms with Gasteiger partial charge in [-0.15, -0.1) is 0 Å². The molecular weight excluding hydrogens is 138 g/mol. The van der Waals surface area contributed by atoms with Crippen molar-refractivity contribution in [2.24, 2.45) is 0 Å². The molecule has 1 atom stereocenters. The van der Waals surface area contributed by atoms with E-state index in [0.717, 1.165) is 17.8 Å². The standard InChI is InChI=1S/C9H15NO/c1-6-4-7(2)10-9(6)5-8(3)11/h4,8,10-11H,5H2,1-3H3. The van der Waals surface area contributed by atoms with Crippen LogP contribution in [0, 0.1) is 13.8 Å². The van der Waals surface area contributed by atoms with Crippen LogP contribution in [0.15, 0.2) is 6.07 Å². The largest absolute Gasteiger partial charge is 0.393 e. The van der Waals surface area contributed by atoms with Gasteiger partial charge in [0.2, 0.25) is 0 Å². The van der Waals surface area contributed by atoms with Crippen molar-refractivity contribution in [2.45, 2.75) is 33.3 Å². The monoisotopic (exact) mass is 153 g/mol. The van der Waals surface area contributed by atoms with Gasteiger partial charge >= 0.3 is 0 Å². The van der Waals surface area contributed by atoms with E-state index in [-0.39, 0.29) is 6.10 Å². The minimum atomic E-state index is -0.258. The van der Waals surface area contributed by atoms with Crippen LogP contribution < -0.4 is 0 Å². The van der Waals surface area contributed by atoms with E-state index in [4.69, 9.17) is 5.11 Å². The molecule has 0 amide bonds.